The molecule has 7 heteroatoms. The third kappa shape index (κ3) is 4.48. The standard InChI is InChI=1S/C21H29N3O3S/c1-23(2)21(17-7-12-20-16(14-17)6-5-13-24(20)3)15-22-28(25,26)19-10-8-18(27-4)9-11-19/h7-12,14,21-22H,5-6,13,15H2,1-4H3/t21-/m1/s1. The number of hydrogen-bond acceptors (Lipinski definition) is 5. The Morgan fingerprint density at radius 2 is 1.89 bits per heavy atom. The highest BCUT2D eigenvalue weighted by Gasteiger charge is 2.22. The minimum absolute atomic E-state index is 0.0504. The van der Waals surface area contributed by atoms with E-state index in [0.29, 0.717) is 12.3 Å². The summed E-state index contributed by atoms with van der Waals surface area (Å²) in [6.45, 7) is 1.38. The minimum Gasteiger partial charge on any atom is -0.497 e. The number of benzene rings is 2. The van der Waals surface area contributed by atoms with Gasteiger partial charge < -0.3 is 14.5 Å². The van der Waals surface area contributed by atoms with Gasteiger partial charge in [0.05, 0.1) is 12.0 Å². The quantitative estimate of drug-likeness (QED) is 0.770. The molecule has 152 valence electrons. The maximum Gasteiger partial charge on any atom is 0.240 e. The molecule has 2 aromatic carbocycles. The number of likely N-dealkylation sites (N-methyl/N-ethyl adjacent to an activating group) is 1. The molecule has 0 saturated carbocycles. The Morgan fingerprint density at radius 1 is 1.18 bits per heavy atom. The molecule has 0 aromatic heterocycles. The van der Waals surface area contributed by atoms with Gasteiger partial charge in [-0.05, 0) is 68.4 Å². The van der Waals surface area contributed by atoms with E-state index in [1.54, 1.807) is 31.4 Å². The number of sulfonamides is 1. The van der Waals surface area contributed by atoms with Crippen LogP contribution in [0.5, 0.6) is 5.75 Å². The first-order chi connectivity index (χ1) is 13.3. The molecule has 28 heavy (non-hydrogen) atoms. The van der Waals surface area contributed by atoms with E-state index in [4.69, 9.17) is 4.74 Å². The van der Waals surface area contributed by atoms with Crippen LogP contribution in [0.15, 0.2) is 47.4 Å². The van der Waals surface area contributed by atoms with Crippen LogP contribution in [0.2, 0.25) is 0 Å². The molecule has 2 aromatic rings. The van der Waals surface area contributed by atoms with Crippen LogP contribution in [-0.2, 0) is 16.4 Å². The number of aryl methyl sites for hydroxylation is 1. The van der Waals surface area contributed by atoms with E-state index in [1.807, 2.05) is 19.0 Å². The van der Waals surface area contributed by atoms with Crippen LogP contribution in [0, 0.1) is 0 Å². The second-order valence-electron chi connectivity index (χ2n) is 7.42. The summed E-state index contributed by atoms with van der Waals surface area (Å²) in [5.74, 6) is 0.629. The number of nitrogens with zero attached hydrogens (tertiary/aromatic N) is 2. The number of anilines is 1. The van der Waals surface area contributed by atoms with E-state index in [-0.39, 0.29) is 10.9 Å². The van der Waals surface area contributed by atoms with Crippen molar-refractivity contribution in [1.29, 1.82) is 0 Å². The zero-order valence-corrected chi connectivity index (χ0v) is 17.8. The van der Waals surface area contributed by atoms with E-state index in [2.05, 4.69) is 34.9 Å². The Kier molecular flexibility index (Phi) is 6.27. The van der Waals surface area contributed by atoms with Crippen molar-refractivity contribution in [3.8, 4) is 5.75 Å². The molecule has 1 aliphatic rings. The normalized spacial score (nSPS) is 15.4. The molecule has 0 bridgehead atoms. The molecule has 0 amide bonds. The SMILES string of the molecule is COc1ccc(S(=O)(=O)NC[C@H](c2ccc3c(c2)CCCN3C)N(C)C)cc1. The fourth-order valence-electron chi connectivity index (χ4n) is 3.64. The summed E-state index contributed by atoms with van der Waals surface area (Å²) in [6.07, 6.45) is 2.20. The highest BCUT2D eigenvalue weighted by atomic mass is 32.2. The minimum atomic E-state index is -3.59. The van der Waals surface area contributed by atoms with Crippen LogP contribution in [0.3, 0.4) is 0 Å². The Morgan fingerprint density at radius 3 is 2.54 bits per heavy atom. The molecule has 1 aliphatic heterocycles. The van der Waals surface area contributed by atoms with E-state index in [1.165, 1.54) is 11.3 Å². The van der Waals surface area contributed by atoms with Crippen molar-refractivity contribution >= 4 is 15.7 Å². The van der Waals surface area contributed by atoms with Gasteiger partial charge in [-0.25, -0.2) is 13.1 Å². The summed E-state index contributed by atoms with van der Waals surface area (Å²) in [5, 5.41) is 0. The molecule has 0 saturated heterocycles. The molecular weight excluding hydrogens is 374 g/mol. The zero-order valence-electron chi connectivity index (χ0n) is 17.0. The molecule has 6 nitrogen and oxygen atoms in total. The maximum absolute atomic E-state index is 12.7. The molecule has 0 aliphatic carbocycles. The summed E-state index contributed by atoms with van der Waals surface area (Å²) >= 11 is 0. The van der Waals surface area contributed by atoms with E-state index < -0.39 is 10.0 Å². The third-order valence-corrected chi connectivity index (χ3v) is 6.74. The lowest BCUT2D eigenvalue weighted by Crippen LogP contribution is -2.34. The monoisotopic (exact) mass is 403 g/mol. The molecule has 0 unspecified atom stereocenters. The highest BCUT2D eigenvalue weighted by molar-refractivity contribution is 7.89. The maximum atomic E-state index is 12.7. The number of fused-ring (bicyclic) bond motifs is 1. The lowest BCUT2D eigenvalue weighted by molar-refractivity contribution is 0.299. The predicted octanol–water partition coefficient (Wildman–Crippen LogP) is 2.66. The van der Waals surface area contributed by atoms with Gasteiger partial charge in [0.2, 0.25) is 10.0 Å². The number of hydrogen-bond donors (Lipinski definition) is 1. The van der Waals surface area contributed by atoms with Gasteiger partial charge in [-0.3, -0.25) is 0 Å². The fraction of sp³-hybridized carbons (Fsp3) is 0.429. The van der Waals surface area contributed by atoms with Gasteiger partial charge in [0, 0.05) is 31.9 Å². The molecule has 1 heterocycles. The van der Waals surface area contributed by atoms with Gasteiger partial charge in [-0.15, -0.1) is 0 Å². The van der Waals surface area contributed by atoms with Gasteiger partial charge in [-0.2, -0.15) is 0 Å². The number of ether oxygens (including phenoxy) is 1. The van der Waals surface area contributed by atoms with Gasteiger partial charge >= 0.3 is 0 Å². The smallest absolute Gasteiger partial charge is 0.240 e. The summed E-state index contributed by atoms with van der Waals surface area (Å²) in [5.41, 5.74) is 3.72. The van der Waals surface area contributed by atoms with E-state index in [0.717, 1.165) is 24.9 Å². The van der Waals surface area contributed by atoms with Crippen molar-refractivity contribution in [1.82, 2.24) is 9.62 Å². The zero-order chi connectivity index (χ0) is 20.3. The molecule has 0 fully saturated rings. The Bertz CT molecular complexity index is 911. The van der Waals surface area contributed by atoms with Crippen molar-refractivity contribution in [3.63, 3.8) is 0 Å². The first-order valence-corrected chi connectivity index (χ1v) is 10.9. The van der Waals surface area contributed by atoms with E-state index >= 15 is 0 Å². The summed E-state index contributed by atoms with van der Waals surface area (Å²) in [6, 6.07) is 12.8. The lowest BCUT2D eigenvalue weighted by atomic mass is 9.96. The molecular formula is C21H29N3O3S. The lowest BCUT2D eigenvalue weighted by Gasteiger charge is -2.30. The molecule has 3 rings (SSSR count). The first kappa shape index (κ1) is 20.6. The largest absolute Gasteiger partial charge is 0.497 e. The van der Waals surface area contributed by atoms with Gasteiger partial charge in [0.1, 0.15) is 5.75 Å². The fourth-order valence-corrected chi connectivity index (χ4v) is 4.68. The average Bonchev–Trinajstić information content (AvgIpc) is 2.68. The van der Waals surface area contributed by atoms with Crippen molar-refractivity contribution < 1.29 is 13.2 Å². The molecule has 0 spiro atoms. The molecule has 1 N–H and O–H groups in total. The van der Waals surface area contributed by atoms with Gasteiger partial charge in [0.15, 0.2) is 0 Å². The number of rotatable bonds is 7. The highest BCUT2D eigenvalue weighted by Crippen LogP contribution is 2.30. The van der Waals surface area contributed by atoms with Crippen LogP contribution in [-0.4, -0.2) is 54.7 Å². The first-order valence-electron chi connectivity index (χ1n) is 9.46. The van der Waals surface area contributed by atoms with E-state index in [9.17, 15) is 8.42 Å². The molecule has 0 radical (unpaired) electrons. The number of nitrogens with one attached hydrogen (secondary N) is 1. The van der Waals surface area contributed by atoms with Crippen LogP contribution >= 0.6 is 0 Å². The van der Waals surface area contributed by atoms with Crippen LogP contribution in [0.25, 0.3) is 0 Å². The van der Waals surface area contributed by atoms with Crippen molar-refractivity contribution in [2.75, 3.05) is 46.2 Å². The summed E-state index contributed by atoms with van der Waals surface area (Å²) in [4.78, 5) is 4.56. The number of methoxy groups -OCH3 is 1. The second-order valence-corrected chi connectivity index (χ2v) is 9.19. The second kappa shape index (κ2) is 8.51. The predicted molar refractivity (Wildman–Crippen MR) is 113 cm³/mol. The summed E-state index contributed by atoms with van der Waals surface area (Å²) in [7, 11) is 4.02. The van der Waals surface area contributed by atoms with Crippen molar-refractivity contribution in [2.45, 2.75) is 23.8 Å². The van der Waals surface area contributed by atoms with Gasteiger partial charge in [-0.1, -0.05) is 12.1 Å². The van der Waals surface area contributed by atoms with Crippen LogP contribution in [0.4, 0.5) is 5.69 Å². The van der Waals surface area contributed by atoms with Crippen LogP contribution < -0.4 is 14.4 Å². The molecule has 1 atom stereocenters. The van der Waals surface area contributed by atoms with Crippen molar-refractivity contribution in [3.05, 3.63) is 53.6 Å². The Labute approximate surface area is 168 Å². The Hall–Kier alpha value is -2.09. The topological polar surface area (TPSA) is 61.9 Å². The van der Waals surface area contributed by atoms with Gasteiger partial charge in [0.25, 0.3) is 0 Å². The van der Waals surface area contributed by atoms with Crippen molar-refractivity contribution in [2.24, 2.45) is 0 Å². The third-order valence-electron chi connectivity index (χ3n) is 5.30. The average molecular weight is 404 g/mol. The summed E-state index contributed by atoms with van der Waals surface area (Å²) < 4.78 is 33.2. The van der Waals surface area contributed by atoms with Crippen LogP contribution in [0.1, 0.15) is 23.6 Å². The Balaban J connectivity index is 1.78.